The summed E-state index contributed by atoms with van der Waals surface area (Å²) in [5, 5.41) is 0. The van der Waals surface area contributed by atoms with Crippen LogP contribution in [0, 0.1) is 0 Å². The van der Waals surface area contributed by atoms with E-state index >= 15 is 0 Å². The van der Waals surface area contributed by atoms with Gasteiger partial charge in [-0.3, -0.25) is 9.78 Å². The van der Waals surface area contributed by atoms with Crippen LogP contribution in [0.4, 0.5) is 0 Å². The quantitative estimate of drug-likeness (QED) is 0.554. The molecule has 0 radical (unpaired) electrons. The normalized spacial score (nSPS) is 10.3. The fraction of sp³-hybridized carbons (Fsp3) is 0.182. The SMILES string of the molecule is COC(=O)c1cncc(/C=C/C(C)=O)c1. The van der Waals surface area contributed by atoms with Crippen molar-refractivity contribution < 1.29 is 14.3 Å². The van der Waals surface area contributed by atoms with Crippen LogP contribution in [0.2, 0.25) is 0 Å². The highest BCUT2D eigenvalue weighted by atomic mass is 16.5. The number of pyridine rings is 1. The Morgan fingerprint density at radius 1 is 1.40 bits per heavy atom. The molecular weight excluding hydrogens is 194 g/mol. The largest absolute Gasteiger partial charge is 0.465 e. The molecule has 1 aromatic rings. The summed E-state index contributed by atoms with van der Waals surface area (Å²) >= 11 is 0. The molecule has 0 amide bonds. The minimum absolute atomic E-state index is 0.0570. The van der Waals surface area contributed by atoms with Crippen LogP contribution in [-0.2, 0) is 9.53 Å². The van der Waals surface area contributed by atoms with Crippen molar-refractivity contribution in [2.24, 2.45) is 0 Å². The summed E-state index contributed by atoms with van der Waals surface area (Å²) < 4.78 is 4.55. The molecule has 15 heavy (non-hydrogen) atoms. The molecule has 4 nitrogen and oxygen atoms in total. The van der Waals surface area contributed by atoms with Crippen LogP contribution < -0.4 is 0 Å². The Morgan fingerprint density at radius 3 is 2.73 bits per heavy atom. The van der Waals surface area contributed by atoms with E-state index in [-0.39, 0.29) is 5.78 Å². The first-order valence-corrected chi connectivity index (χ1v) is 4.35. The molecule has 0 aromatic carbocycles. The van der Waals surface area contributed by atoms with Crippen LogP contribution >= 0.6 is 0 Å². The molecule has 0 saturated heterocycles. The van der Waals surface area contributed by atoms with Crippen molar-refractivity contribution >= 4 is 17.8 Å². The van der Waals surface area contributed by atoms with E-state index in [4.69, 9.17) is 0 Å². The van der Waals surface area contributed by atoms with Crippen molar-refractivity contribution in [2.75, 3.05) is 7.11 Å². The number of esters is 1. The zero-order chi connectivity index (χ0) is 11.3. The molecule has 0 atom stereocenters. The Morgan fingerprint density at radius 2 is 2.13 bits per heavy atom. The standard InChI is InChI=1S/C11H11NO3/c1-8(13)3-4-9-5-10(7-12-6-9)11(14)15-2/h3-7H,1-2H3/b4-3+. The molecule has 1 rings (SSSR count). The first-order chi connectivity index (χ1) is 7.13. The Bertz CT molecular complexity index is 410. The lowest BCUT2D eigenvalue weighted by Gasteiger charge is -1.98. The number of allylic oxidation sites excluding steroid dienone is 1. The molecule has 0 bridgehead atoms. The predicted octanol–water partition coefficient (Wildman–Crippen LogP) is 1.47. The fourth-order valence-electron chi connectivity index (χ4n) is 0.992. The molecule has 0 saturated carbocycles. The Labute approximate surface area is 87.6 Å². The molecule has 0 unspecified atom stereocenters. The van der Waals surface area contributed by atoms with Crippen molar-refractivity contribution in [1.82, 2.24) is 4.98 Å². The maximum Gasteiger partial charge on any atom is 0.339 e. The van der Waals surface area contributed by atoms with Gasteiger partial charge in [0.2, 0.25) is 0 Å². The van der Waals surface area contributed by atoms with Gasteiger partial charge in [0.15, 0.2) is 5.78 Å². The minimum atomic E-state index is -0.444. The smallest absolute Gasteiger partial charge is 0.339 e. The lowest BCUT2D eigenvalue weighted by molar-refractivity contribution is -0.112. The molecule has 4 heteroatoms. The van der Waals surface area contributed by atoms with Crippen LogP contribution in [0.1, 0.15) is 22.8 Å². The van der Waals surface area contributed by atoms with E-state index in [0.717, 1.165) is 0 Å². The average molecular weight is 205 g/mol. The molecule has 0 aliphatic heterocycles. The van der Waals surface area contributed by atoms with E-state index in [1.807, 2.05) is 0 Å². The summed E-state index contributed by atoms with van der Waals surface area (Å²) in [4.78, 5) is 25.7. The number of methoxy groups -OCH3 is 1. The van der Waals surface area contributed by atoms with Crippen molar-refractivity contribution in [2.45, 2.75) is 6.92 Å². The monoisotopic (exact) mass is 205 g/mol. The zero-order valence-electron chi connectivity index (χ0n) is 8.56. The highest BCUT2D eigenvalue weighted by molar-refractivity contribution is 5.92. The third-order valence-corrected chi connectivity index (χ3v) is 1.69. The molecular formula is C11H11NO3. The molecule has 0 spiro atoms. The summed E-state index contributed by atoms with van der Waals surface area (Å²) in [6, 6.07) is 1.61. The number of hydrogen-bond acceptors (Lipinski definition) is 4. The number of ketones is 1. The summed E-state index contributed by atoms with van der Waals surface area (Å²) in [6.45, 7) is 1.45. The Balaban J connectivity index is 2.92. The first kappa shape index (κ1) is 11.1. The second-order valence-electron chi connectivity index (χ2n) is 2.94. The molecule has 0 fully saturated rings. The fourth-order valence-corrected chi connectivity index (χ4v) is 0.992. The van der Waals surface area contributed by atoms with Gasteiger partial charge >= 0.3 is 5.97 Å². The second-order valence-corrected chi connectivity index (χ2v) is 2.94. The average Bonchev–Trinajstić information content (AvgIpc) is 2.25. The molecule has 78 valence electrons. The van der Waals surface area contributed by atoms with Gasteiger partial charge in [-0.2, -0.15) is 0 Å². The number of rotatable bonds is 3. The van der Waals surface area contributed by atoms with E-state index < -0.39 is 5.97 Å². The van der Waals surface area contributed by atoms with E-state index in [1.165, 1.54) is 26.3 Å². The van der Waals surface area contributed by atoms with Gasteiger partial charge in [-0.15, -0.1) is 0 Å². The summed E-state index contributed by atoms with van der Waals surface area (Å²) in [7, 11) is 1.31. The minimum Gasteiger partial charge on any atom is -0.465 e. The predicted molar refractivity (Wildman–Crippen MR) is 55.3 cm³/mol. The van der Waals surface area contributed by atoms with Crippen LogP contribution in [0.3, 0.4) is 0 Å². The maximum atomic E-state index is 11.2. The van der Waals surface area contributed by atoms with E-state index in [0.29, 0.717) is 11.1 Å². The first-order valence-electron chi connectivity index (χ1n) is 4.35. The Hall–Kier alpha value is -1.97. The number of aromatic nitrogens is 1. The summed E-state index contributed by atoms with van der Waals surface area (Å²) in [5.74, 6) is -0.501. The van der Waals surface area contributed by atoms with Gasteiger partial charge in [0, 0.05) is 12.4 Å². The number of carbonyl (C=O) groups is 2. The van der Waals surface area contributed by atoms with Gasteiger partial charge in [0.1, 0.15) is 0 Å². The van der Waals surface area contributed by atoms with Crippen molar-refractivity contribution in [3.63, 3.8) is 0 Å². The third-order valence-electron chi connectivity index (χ3n) is 1.69. The second kappa shape index (κ2) is 5.05. The molecule has 0 N–H and O–H groups in total. The Kier molecular flexibility index (Phi) is 3.74. The van der Waals surface area contributed by atoms with Crippen LogP contribution in [0.25, 0.3) is 6.08 Å². The van der Waals surface area contributed by atoms with Crippen LogP contribution in [-0.4, -0.2) is 23.8 Å². The highest BCUT2D eigenvalue weighted by Gasteiger charge is 2.04. The highest BCUT2D eigenvalue weighted by Crippen LogP contribution is 2.05. The van der Waals surface area contributed by atoms with Gasteiger partial charge in [0.05, 0.1) is 12.7 Å². The zero-order valence-corrected chi connectivity index (χ0v) is 8.56. The van der Waals surface area contributed by atoms with E-state index in [1.54, 1.807) is 18.3 Å². The maximum absolute atomic E-state index is 11.2. The van der Waals surface area contributed by atoms with Gasteiger partial charge in [-0.05, 0) is 30.7 Å². The van der Waals surface area contributed by atoms with Gasteiger partial charge in [-0.25, -0.2) is 4.79 Å². The van der Waals surface area contributed by atoms with Crippen LogP contribution in [0.5, 0.6) is 0 Å². The van der Waals surface area contributed by atoms with Gasteiger partial charge < -0.3 is 4.74 Å². The van der Waals surface area contributed by atoms with E-state index in [2.05, 4.69) is 9.72 Å². The summed E-state index contributed by atoms with van der Waals surface area (Å²) in [5.41, 5.74) is 1.05. The third kappa shape index (κ3) is 3.34. The molecule has 0 aliphatic carbocycles. The number of hydrogen-bond donors (Lipinski definition) is 0. The number of ether oxygens (including phenoxy) is 1. The van der Waals surface area contributed by atoms with Crippen molar-refractivity contribution in [3.05, 3.63) is 35.7 Å². The molecule has 0 aliphatic rings. The van der Waals surface area contributed by atoms with E-state index in [9.17, 15) is 9.59 Å². The van der Waals surface area contributed by atoms with Gasteiger partial charge in [-0.1, -0.05) is 0 Å². The lowest BCUT2D eigenvalue weighted by Crippen LogP contribution is -2.01. The van der Waals surface area contributed by atoms with Gasteiger partial charge in [0.25, 0.3) is 0 Å². The molecule has 1 heterocycles. The van der Waals surface area contributed by atoms with Crippen LogP contribution in [0.15, 0.2) is 24.5 Å². The van der Waals surface area contributed by atoms with Crippen molar-refractivity contribution in [1.29, 1.82) is 0 Å². The lowest BCUT2D eigenvalue weighted by atomic mass is 10.2. The number of carbonyl (C=O) groups excluding carboxylic acids is 2. The number of nitrogens with zero attached hydrogens (tertiary/aromatic N) is 1. The topological polar surface area (TPSA) is 56.3 Å². The summed E-state index contributed by atoms with van der Waals surface area (Å²) in [6.07, 6.45) is 5.99. The molecule has 1 aromatic heterocycles. The van der Waals surface area contributed by atoms with Crippen molar-refractivity contribution in [3.8, 4) is 0 Å².